The molecule has 1 aromatic rings. The summed E-state index contributed by atoms with van der Waals surface area (Å²) in [5, 5.41) is 3.51. The summed E-state index contributed by atoms with van der Waals surface area (Å²) in [6, 6.07) is 2.05. The fourth-order valence-electron chi connectivity index (χ4n) is 2.13. The third kappa shape index (κ3) is 2.68. The highest BCUT2D eigenvalue weighted by Gasteiger charge is 2.35. The number of pyridine rings is 1. The first-order valence-corrected chi connectivity index (χ1v) is 7.21. The molecule has 1 aliphatic rings. The number of rotatable bonds is 5. The van der Waals surface area contributed by atoms with Crippen molar-refractivity contribution in [2.24, 2.45) is 0 Å². The van der Waals surface area contributed by atoms with Gasteiger partial charge in [0.25, 0.3) is 0 Å². The van der Waals surface area contributed by atoms with Gasteiger partial charge in [-0.3, -0.25) is 4.98 Å². The van der Waals surface area contributed by atoms with Crippen LogP contribution in [0.3, 0.4) is 0 Å². The molecule has 0 saturated heterocycles. The summed E-state index contributed by atoms with van der Waals surface area (Å²) >= 11 is 1.98. The zero-order valence-electron chi connectivity index (χ0n) is 10.7. The minimum atomic E-state index is 0.433. The molecule has 1 N–H and O–H groups in total. The largest absolute Gasteiger partial charge is 0.493 e. The number of ether oxygens (including phenoxy) is 1. The average molecular weight is 252 g/mol. The van der Waals surface area contributed by atoms with Gasteiger partial charge < -0.3 is 10.1 Å². The fraction of sp³-hybridized carbons (Fsp3) is 0.615. The van der Waals surface area contributed by atoms with Crippen molar-refractivity contribution in [2.75, 3.05) is 25.2 Å². The Labute approximate surface area is 107 Å². The molecule has 1 aliphatic carbocycles. The summed E-state index contributed by atoms with van der Waals surface area (Å²) < 4.78 is 5.75. The van der Waals surface area contributed by atoms with Crippen LogP contribution in [0.4, 0.5) is 5.69 Å². The number of hydrogen-bond donors (Lipinski definition) is 1. The van der Waals surface area contributed by atoms with Crippen molar-refractivity contribution in [3.05, 3.63) is 18.0 Å². The predicted octanol–water partition coefficient (Wildman–Crippen LogP) is 3.10. The lowest BCUT2D eigenvalue weighted by Crippen LogP contribution is -2.40. The summed E-state index contributed by atoms with van der Waals surface area (Å²) in [5.74, 6) is 0.825. The van der Waals surface area contributed by atoms with E-state index in [9.17, 15) is 0 Å². The monoisotopic (exact) mass is 252 g/mol. The van der Waals surface area contributed by atoms with Gasteiger partial charge in [0.1, 0.15) is 0 Å². The van der Waals surface area contributed by atoms with Crippen molar-refractivity contribution in [3.8, 4) is 5.75 Å². The van der Waals surface area contributed by atoms with E-state index in [4.69, 9.17) is 4.74 Å². The second kappa shape index (κ2) is 5.17. The topological polar surface area (TPSA) is 34.1 Å². The van der Waals surface area contributed by atoms with E-state index >= 15 is 0 Å². The van der Waals surface area contributed by atoms with Gasteiger partial charge in [-0.15, -0.1) is 0 Å². The van der Waals surface area contributed by atoms with Crippen LogP contribution >= 0.6 is 11.8 Å². The Morgan fingerprint density at radius 2 is 2.29 bits per heavy atom. The quantitative estimate of drug-likeness (QED) is 0.873. The number of methoxy groups -OCH3 is 1. The lowest BCUT2D eigenvalue weighted by molar-refractivity contribution is 0.378. The van der Waals surface area contributed by atoms with E-state index in [1.165, 1.54) is 19.3 Å². The van der Waals surface area contributed by atoms with Crippen molar-refractivity contribution >= 4 is 17.4 Å². The van der Waals surface area contributed by atoms with Crippen LogP contribution in [0.5, 0.6) is 5.75 Å². The Morgan fingerprint density at radius 3 is 2.82 bits per heavy atom. The highest BCUT2D eigenvalue weighted by molar-refractivity contribution is 8.00. The first-order chi connectivity index (χ1) is 8.19. The molecule has 0 aromatic carbocycles. The van der Waals surface area contributed by atoms with Crippen molar-refractivity contribution in [3.63, 3.8) is 0 Å². The molecule has 17 heavy (non-hydrogen) atoms. The zero-order valence-corrected chi connectivity index (χ0v) is 11.6. The molecular weight excluding hydrogens is 232 g/mol. The van der Waals surface area contributed by atoms with Crippen molar-refractivity contribution in [2.45, 2.75) is 30.9 Å². The van der Waals surface area contributed by atoms with E-state index < -0.39 is 0 Å². The van der Waals surface area contributed by atoms with Crippen LogP contribution in [0.15, 0.2) is 12.3 Å². The molecule has 1 heterocycles. The molecule has 1 fully saturated rings. The molecule has 0 radical (unpaired) electrons. The zero-order chi connectivity index (χ0) is 12.3. The number of aromatic nitrogens is 1. The molecule has 0 bridgehead atoms. The number of anilines is 1. The molecule has 0 amide bonds. The van der Waals surface area contributed by atoms with Gasteiger partial charge >= 0.3 is 0 Å². The Morgan fingerprint density at radius 1 is 1.53 bits per heavy atom. The van der Waals surface area contributed by atoms with Crippen molar-refractivity contribution in [1.29, 1.82) is 0 Å². The normalized spacial score (nSPS) is 17.4. The van der Waals surface area contributed by atoms with E-state index in [0.717, 1.165) is 23.7 Å². The van der Waals surface area contributed by atoms with Gasteiger partial charge in [-0.2, -0.15) is 11.8 Å². The Balaban J connectivity index is 2.05. The molecule has 94 valence electrons. The summed E-state index contributed by atoms with van der Waals surface area (Å²) in [7, 11) is 1.69. The molecule has 0 aliphatic heterocycles. The smallest absolute Gasteiger partial charge is 0.160 e. The summed E-state index contributed by atoms with van der Waals surface area (Å²) in [6.45, 7) is 3.01. The number of nitrogens with one attached hydrogen (secondary N) is 1. The van der Waals surface area contributed by atoms with Crippen molar-refractivity contribution in [1.82, 2.24) is 4.98 Å². The van der Waals surface area contributed by atoms with Crippen LogP contribution in [0.2, 0.25) is 0 Å². The van der Waals surface area contributed by atoms with Gasteiger partial charge in [-0.05, 0) is 32.1 Å². The van der Waals surface area contributed by atoms with E-state index in [1.807, 2.05) is 24.8 Å². The summed E-state index contributed by atoms with van der Waals surface area (Å²) in [4.78, 5) is 4.24. The van der Waals surface area contributed by atoms with Crippen molar-refractivity contribution < 1.29 is 4.74 Å². The lowest BCUT2D eigenvalue weighted by Gasteiger charge is -2.40. The predicted molar refractivity (Wildman–Crippen MR) is 74.1 cm³/mol. The molecule has 3 nitrogen and oxygen atoms in total. The van der Waals surface area contributed by atoms with Gasteiger partial charge in [0.05, 0.1) is 19.0 Å². The van der Waals surface area contributed by atoms with Gasteiger partial charge in [0.15, 0.2) is 5.75 Å². The van der Waals surface area contributed by atoms with Crippen LogP contribution in [0.1, 0.15) is 25.0 Å². The first kappa shape index (κ1) is 12.6. The Hall–Kier alpha value is -0.900. The molecule has 2 rings (SSSR count). The number of aryl methyl sites for hydroxylation is 1. The maximum atomic E-state index is 5.32. The van der Waals surface area contributed by atoms with Crippen LogP contribution < -0.4 is 10.1 Å². The standard InChI is InChI=1S/C13H20N2OS/c1-10-7-11(12(16-2)8-14-10)15-9-13(17-3)5-4-6-13/h7-8H,4-6,9H2,1-3H3,(H,14,15). The lowest BCUT2D eigenvalue weighted by atomic mass is 9.84. The van der Waals surface area contributed by atoms with Gasteiger partial charge in [-0.1, -0.05) is 6.42 Å². The summed E-state index contributed by atoms with van der Waals surface area (Å²) in [5.41, 5.74) is 2.07. The second-order valence-corrected chi connectivity index (χ2v) is 5.89. The molecular formula is C13H20N2OS. The SMILES string of the molecule is COc1cnc(C)cc1NCC1(SC)CCC1. The second-order valence-electron chi connectivity index (χ2n) is 4.62. The fourth-order valence-corrected chi connectivity index (χ4v) is 3.04. The molecule has 1 saturated carbocycles. The van der Waals surface area contributed by atoms with E-state index in [-0.39, 0.29) is 0 Å². The highest BCUT2D eigenvalue weighted by Crippen LogP contribution is 2.43. The van der Waals surface area contributed by atoms with E-state index in [0.29, 0.717) is 4.75 Å². The van der Waals surface area contributed by atoms with Gasteiger partial charge in [-0.25, -0.2) is 0 Å². The molecule has 0 spiro atoms. The van der Waals surface area contributed by atoms with E-state index in [1.54, 1.807) is 13.3 Å². The van der Waals surface area contributed by atoms with Crippen LogP contribution in [-0.4, -0.2) is 29.6 Å². The number of thioether (sulfide) groups is 1. The van der Waals surface area contributed by atoms with Gasteiger partial charge in [0, 0.05) is 17.0 Å². The maximum Gasteiger partial charge on any atom is 0.160 e. The molecule has 0 unspecified atom stereocenters. The highest BCUT2D eigenvalue weighted by atomic mass is 32.2. The number of nitrogens with zero attached hydrogens (tertiary/aromatic N) is 1. The van der Waals surface area contributed by atoms with Crippen LogP contribution in [0.25, 0.3) is 0 Å². The number of hydrogen-bond acceptors (Lipinski definition) is 4. The van der Waals surface area contributed by atoms with Crippen LogP contribution in [0, 0.1) is 6.92 Å². The average Bonchev–Trinajstić information content (AvgIpc) is 2.28. The molecule has 4 heteroatoms. The maximum absolute atomic E-state index is 5.32. The minimum absolute atomic E-state index is 0.433. The Kier molecular flexibility index (Phi) is 3.82. The van der Waals surface area contributed by atoms with Crippen LogP contribution in [-0.2, 0) is 0 Å². The summed E-state index contributed by atoms with van der Waals surface area (Å²) in [6.07, 6.45) is 7.97. The van der Waals surface area contributed by atoms with E-state index in [2.05, 4.69) is 16.6 Å². The third-order valence-corrected chi connectivity index (χ3v) is 4.94. The Bertz CT molecular complexity index is 385. The molecule has 0 atom stereocenters. The molecule has 1 aromatic heterocycles. The minimum Gasteiger partial charge on any atom is -0.493 e. The van der Waals surface area contributed by atoms with Gasteiger partial charge in [0.2, 0.25) is 0 Å². The first-order valence-electron chi connectivity index (χ1n) is 5.99. The third-order valence-electron chi connectivity index (χ3n) is 3.52.